The van der Waals surface area contributed by atoms with Crippen LogP contribution < -0.4 is 9.47 Å². The number of ether oxygens (including phenoxy) is 2. The van der Waals surface area contributed by atoms with Crippen molar-refractivity contribution >= 4 is 17.2 Å². The van der Waals surface area contributed by atoms with E-state index in [-0.39, 0.29) is 5.91 Å². The average molecular weight is 330 g/mol. The molecule has 2 aromatic rings. The van der Waals surface area contributed by atoms with E-state index >= 15 is 0 Å². The Balaban J connectivity index is 1.46. The van der Waals surface area contributed by atoms with Crippen LogP contribution in [-0.2, 0) is 11.2 Å². The van der Waals surface area contributed by atoms with Gasteiger partial charge in [-0.1, -0.05) is 0 Å². The average Bonchev–Trinajstić information content (AvgIpc) is 3.21. The van der Waals surface area contributed by atoms with Crippen LogP contribution in [0.25, 0.3) is 11.3 Å². The van der Waals surface area contributed by atoms with E-state index in [0.717, 1.165) is 53.7 Å². The Hall–Kier alpha value is -2.08. The van der Waals surface area contributed by atoms with E-state index < -0.39 is 0 Å². The van der Waals surface area contributed by atoms with E-state index in [2.05, 4.69) is 5.38 Å². The van der Waals surface area contributed by atoms with Crippen LogP contribution >= 0.6 is 11.3 Å². The Bertz CT molecular complexity index is 728. The van der Waals surface area contributed by atoms with Crippen LogP contribution in [0.1, 0.15) is 17.8 Å². The van der Waals surface area contributed by atoms with Gasteiger partial charge in [-0.3, -0.25) is 4.79 Å². The van der Waals surface area contributed by atoms with Crippen molar-refractivity contribution in [2.24, 2.45) is 0 Å². The van der Waals surface area contributed by atoms with Crippen LogP contribution in [0.2, 0.25) is 0 Å². The monoisotopic (exact) mass is 330 g/mol. The molecule has 120 valence electrons. The first-order valence-electron chi connectivity index (χ1n) is 7.92. The predicted molar refractivity (Wildman–Crippen MR) is 88.1 cm³/mol. The summed E-state index contributed by atoms with van der Waals surface area (Å²) >= 11 is 1.65. The number of hydrogen-bond acceptors (Lipinski definition) is 5. The molecule has 1 aromatic carbocycles. The third kappa shape index (κ3) is 3.03. The van der Waals surface area contributed by atoms with Crippen molar-refractivity contribution in [3.8, 4) is 22.8 Å². The molecular formula is C17H18N2O3S. The second kappa shape index (κ2) is 6.20. The minimum absolute atomic E-state index is 0.272. The van der Waals surface area contributed by atoms with Crippen LogP contribution in [0.4, 0.5) is 0 Å². The number of carbonyl (C=O) groups excluding carboxylic acids is 1. The molecule has 5 nitrogen and oxygen atoms in total. The summed E-state index contributed by atoms with van der Waals surface area (Å²) < 4.78 is 11.2. The molecule has 0 unspecified atom stereocenters. The SMILES string of the molecule is O=C1CCCN1CCc1nc(-c2ccc3c(c2)OCCO3)cs1. The molecule has 1 fully saturated rings. The summed E-state index contributed by atoms with van der Waals surface area (Å²) in [6, 6.07) is 5.93. The highest BCUT2D eigenvalue weighted by Gasteiger charge is 2.20. The highest BCUT2D eigenvalue weighted by atomic mass is 32.1. The van der Waals surface area contributed by atoms with E-state index in [0.29, 0.717) is 19.6 Å². The van der Waals surface area contributed by atoms with E-state index in [1.807, 2.05) is 23.1 Å². The van der Waals surface area contributed by atoms with Crippen molar-refractivity contribution in [2.75, 3.05) is 26.3 Å². The van der Waals surface area contributed by atoms with Crippen molar-refractivity contribution < 1.29 is 14.3 Å². The van der Waals surface area contributed by atoms with Gasteiger partial charge in [0.05, 0.1) is 10.7 Å². The molecule has 23 heavy (non-hydrogen) atoms. The number of fused-ring (bicyclic) bond motifs is 1. The van der Waals surface area contributed by atoms with E-state index in [4.69, 9.17) is 14.5 Å². The van der Waals surface area contributed by atoms with Gasteiger partial charge in [-0.05, 0) is 24.6 Å². The fraction of sp³-hybridized carbons (Fsp3) is 0.412. The number of amides is 1. The molecule has 4 rings (SSSR count). The molecule has 1 aromatic heterocycles. The number of carbonyl (C=O) groups is 1. The summed E-state index contributed by atoms with van der Waals surface area (Å²) in [5.74, 6) is 1.85. The Labute approximate surface area is 138 Å². The number of rotatable bonds is 4. The van der Waals surface area contributed by atoms with Gasteiger partial charge in [-0.15, -0.1) is 11.3 Å². The zero-order valence-corrected chi connectivity index (χ0v) is 13.6. The van der Waals surface area contributed by atoms with Gasteiger partial charge in [-0.2, -0.15) is 0 Å². The van der Waals surface area contributed by atoms with Gasteiger partial charge >= 0.3 is 0 Å². The van der Waals surface area contributed by atoms with Gasteiger partial charge in [0.2, 0.25) is 5.91 Å². The minimum Gasteiger partial charge on any atom is -0.486 e. The first kappa shape index (κ1) is 14.5. The number of hydrogen-bond donors (Lipinski definition) is 0. The lowest BCUT2D eigenvalue weighted by molar-refractivity contribution is -0.127. The van der Waals surface area contributed by atoms with Crippen molar-refractivity contribution in [1.29, 1.82) is 0 Å². The van der Waals surface area contributed by atoms with Gasteiger partial charge in [0.1, 0.15) is 13.2 Å². The van der Waals surface area contributed by atoms with Crippen molar-refractivity contribution in [1.82, 2.24) is 9.88 Å². The number of likely N-dealkylation sites (tertiary alicyclic amines) is 1. The van der Waals surface area contributed by atoms with Crippen molar-refractivity contribution in [2.45, 2.75) is 19.3 Å². The van der Waals surface area contributed by atoms with Gasteiger partial charge in [0, 0.05) is 36.9 Å². The maximum absolute atomic E-state index is 11.6. The summed E-state index contributed by atoms with van der Waals surface area (Å²) in [4.78, 5) is 18.3. The Morgan fingerprint density at radius 2 is 2.09 bits per heavy atom. The molecule has 0 N–H and O–H groups in total. The first-order valence-corrected chi connectivity index (χ1v) is 8.80. The molecule has 0 radical (unpaired) electrons. The molecular weight excluding hydrogens is 312 g/mol. The second-order valence-electron chi connectivity index (χ2n) is 5.72. The van der Waals surface area contributed by atoms with Crippen LogP contribution in [0, 0.1) is 0 Å². The van der Waals surface area contributed by atoms with E-state index in [9.17, 15) is 4.79 Å². The highest BCUT2D eigenvalue weighted by molar-refractivity contribution is 7.09. The maximum atomic E-state index is 11.6. The zero-order valence-electron chi connectivity index (χ0n) is 12.8. The van der Waals surface area contributed by atoms with Crippen LogP contribution in [0.5, 0.6) is 11.5 Å². The standard InChI is InChI=1S/C17H18N2O3S/c20-17-2-1-6-19(17)7-5-16-18-13(11-23-16)12-3-4-14-15(10-12)22-9-8-21-14/h3-4,10-11H,1-2,5-9H2. The molecule has 0 atom stereocenters. The fourth-order valence-corrected chi connectivity index (χ4v) is 3.73. The maximum Gasteiger partial charge on any atom is 0.222 e. The van der Waals surface area contributed by atoms with Crippen molar-refractivity contribution in [3.63, 3.8) is 0 Å². The van der Waals surface area contributed by atoms with E-state index in [1.54, 1.807) is 11.3 Å². The van der Waals surface area contributed by atoms with Gasteiger partial charge in [0.25, 0.3) is 0 Å². The van der Waals surface area contributed by atoms with E-state index in [1.165, 1.54) is 0 Å². The number of nitrogens with zero attached hydrogens (tertiary/aromatic N) is 2. The van der Waals surface area contributed by atoms with Crippen LogP contribution in [-0.4, -0.2) is 42.1 Å². The molecule has 0 aliphatic carbocycles. The number of thiazole rings is 1. The lowest BCUT2D eigenvalue weighted by Crippen LogP contribution is -2.26. The van der Waals surface area contributed by atoms with Gasteiger partial charge < -0.3 is 14.4 Å². The topological polar surface area (TPSA) is 51.7 Å². The molecule has 3 heterocycles. The Kier molecular flexibility index (Phi) is 3.91. The predicted octanol–water partition coefficient (Wildman–Crippen LogP) is 2.75. The first-order chi connectivity index (χ1) is 11.3. The van der Waals surface area contributed by atoms with Gasteiger partial charge in [0.15, 0.2) is 11.5 Å². The lowest BCUT2D eigenvalue weighted by Gasteiger charge is -2.18. The summed E-state index contributed by atoms with van der Waals surface area (Å²) in [5, 5.41) is 3.13. The third-order valence-corrected chi connectivity index (χ3v) is 5.07. The highest BCUT2D eigenvalue weighted by Crippen LogP contribution is 2.34. The Morgan fingerprint density at radius 3 is 2.91 bits per heavy atom. The summed E-state index contributed by atoms with van der Waals surface area (Å²) in [7, 11) is 0. The molecule has 1 saturated heterocycles. The lowest BCUT2D eigenvalue weighted by atomic mass is 10.1. The number of aromatic nitrogens is 1. The normalized spacial score (nSPS) is 16.9. The smallest absolute Gasteiger partial charge is 0.222 e. The molecule has 0 spiro atoms. The molecule has 6 heteroatoms. The summed E-state index contributed by atoms with van der Waals surface area (Å²) in [6.45, 7) is 2.84. The Morgan fingerprint density at radius 1 is 1.22 bits per heavy atom. The molecule has 0 bridgehead atoms. The number of benzene rings is 1. The van der Waals surface area contributed by atoms with Crippen LogP contribution in [0.15, 0.2) is 23.6 Å². The zero-order chi connectivity index (χ0) is 15.6. The summed E-state index contributed by atoms with van der Waals surface area (Å²) in [5.41, 5.74) is 1.99. The quantitative estimate of drug-likeness (QED) is 0.865. The van der Waals surface area contributed by atoms with Crippen molar-refractivity contribution in [3.05, 3.63) is 28.6 Å². The molecule has 2 aliphatic heterocycles. The van der Waals surface area contributed by atoms with Crippen LogP contribution in [0.3, 0.4) is 0 Å². The molecule has 0 saturated carbocycles. The minimum atomic E-state index is 0.272. The van der Waals surface area contributed by atoms with Gasteiger partial charge in [-0.25, -0.2) is 4.98 Å². The molecule has 2 aliphatic rings. The second-order valence-corrected chi connectivity index (χ2v) is 6.66. The fourth-order valence-electron chi connectivity index (χ4n) is 2.93. The third-order valence-electron chi connectivity index (χ3n) is 4.16. The molecule has 1 amide bonds. The summed E-state index contributed by atoms with van der Waals surface area (Å²) in [6.07, 6.45) is 2.50. The largest absolute Gasteiger partial charge is 0.486 e.